The van der Waals surface area contributed by atoms with Gasteiger partial charge in [-0.1, -0.05) is 35.3 Å². The smallest absolute Gasteiger partial charge is 0.262 e. The summed E-state index contributed by atoms with van der Waals surface area (Å²) in [5.74, 6) is -1.52. The van der Waals surface area contributed by atoms with E-state index in [1.54, 1.807) is 6.07 Å². The summed E-state index contributed by atoms with van der Waals surface area (Å²) in [5.41, 5.74) is 1.69. The molecule has 0 radical (unpaired) electrons. The van der Waals surface area contributed by atoms with Gasteiger partial charge in [-0.2, -0.15) is 0 Å². The van der Waals surface area contributed by atoms with Crippen LogP contribution in [0.5, 0.6) is 0 Å². The van der Waals surface area contributed by atoms with Crippen molar-refractivity contribution < 1.29 is 14.4 Å². The number of hydrogen-bond donors (Lipinski definition) is 2. The number of rotatable bonds is 3. The van der Waals surface area contributed by atoms with E-state index in [-0.39, 0.29) is 27.1 Å². The molecule has 1 aliphatic heterocycles. The third-order valence-electron chi connectivity index (χ3n) is 4.36. The van der Waals surface area contributed by atoms with Crippen LogP contribution in [0, 0.1) is 0 Å². The molecule has 2 aromatic carbocycles. The first-order valence-electron chi connectivity index (χ1n) is 7.99. The lowest BCUT2D eigenvalue weighted by Gasteiger charge is -2.21. The molecule has 1 aromatic heterocycles. The number of para-hydroxylation sites is 2. The van der Waals surface area contributed by atoms with Gasteiger partial charge in [0.05, 0.1) is 32.2 Å². The summed E-state index contributed by atoms with van der Waals surface area (Å²) in [5, 5.41) is 2.92. The lowest BCUT2D eigenvalue weighted by molar-refractivity contribution is -0.119. The third kappa shape index (κ3) is 2.85. The molecule has 0 bridgehead atoms. The molecule has 7 nitrogen and oxygen atoms in total. The molecule has 1 aliphatic rings. The minimum absolute atomic E-state index is 0.123. The Morgan fingerprint density at radius 1 is 1.11 bits per heavy atom. The Balaban J connectivity index is 1.58. The quantitative estimate of drug-likeness (QED) is 0.655. The number of nitrogens with one attached hydrogen (secondary N) is 2. The van der Waals surface area contributed by atoms with Gasteiger partial charge in [0, 0.05) is 0 Å². The number of anilines is 1. The molecule has 0 unspecified atom stereocenters. The van der Waals surface area contributed by atoms with Gasteiger partial charge in [-0.15, -0.1) is 0 Å². The Kier molecular flexibility index (Phi) is 4.13. The summed E-state index contributed by atoms with van der Waals surface area (Å²) in [6.07, 6.45) is 0. The normalized spacial score (nSPS) is 14.6. The fourth-order valence-electron chi connectivity index (χ4n) is 2.95. The summed E-state index contributed by atoms with van der Waals surface area (Å²) >= 11 is 11.9. The Morgan fingerprint density at radius 3 is 2.30 bits per heavy atom. The zero-order chi connectivity index (χ0) is 19.3. The van der Waals surface area contributed by atoms with E-state index in [1.807, 2.05) is 18.2 Å². The van der Waals surface area contributed by atoms with Crippen LogP contribution in [0.4, 0.5) is 5.95 Å². The van der Waals surface area contributed by atoms with Crippen LogP contribution in [0.15, 0.2) is 36.4 Å². The van der Waals surface area contributed by atoms with Gasteiger partial charge >= 0.3 is 0 Å². The van der Waals surface area contributed by atoms with Crippen LogP contribution in [0.3, 0.4) is 0 Å². The van der Waals surface area contributed by atoms with Crippen LogP contribution < -0.4 is 5.32 Å². The molecule has 3 amide bonds. The third-order valence-corrected chi connectivity index (χ3v) is 5.08. The molecule has 27 heavy (non-hydrogen) atoms. The van der Waals surface area contributed by atoms with Crippen LogP contribution in [0.1, 0.15) is 27.6 Å². The first kappa shape index (κ1) is 17.5. The summed E-state index contributed by atoms with van der Waals surface area (Å²) in [4.78, 5) is 45.9. The number of carbonyl (C=O) groups excluding carboxylic acids is 3. The van der Waals surface area contributed by atoms with Crippen LogP contribution in [0.2, 0.25) is 10.0 Å². The number of amides is 3. The second kappa shape index (κ2) is 6.37. The molecule has 0 saturated heterocycles. The SMILES string of the molecule is C[C@@H](C(=O)Nc1nc2ccccc2[nH]1)N1C(=O)c2cc(Cl)c(Cl)cc2C1=O. The molecule has 0 fully saturated rings. The lowest BCUT2D eigenvalue weighted by atomic mass is 10.1. The Bertz CT molecular complexity index is 1050. The average molecular weight is 403 g/mol. The predicted octanol–water partition coefficient (Wildman–Crippen LogP) is 3.49. The number of benzene rings is 2. The van der Waals surface area contributed by atoms with Crippen molar-refractivity contribution in [2.75, 3.05) is 5.32 Å². The van der Waals surface area contributed by atoms with Crippen molar-refractivity contribution in [2.24, 2.45) is 0 Å². The van der Waals surface area contributed by atoms with E-state index in [0.29, 0.717) is 5.52 Å². The molecule has 4 rings (SSSR count). The Labute approximate surface area is 163 Å². The van der Waals surface area contributed by atoms with Gasteiger partial charge in [-0.25, -0.2) is 4.98 Å². The van der Waals surface area contributed by atoms with Crippen LogP contribution in [-0.4, -0.2) is 38.6 Å². The fraction of sp³-hybridized carbons (Fsp3) is 0.111. The molecule has 2 heterocycles. The van der Waals surface area contributed by atoms with E-state index in [9.17, 15) is 14.4 Å². The van der Waals surface area contributed by atoms with E-state index in [0.717, 1.165) is 10.4 Å². The van der Waals surface area contributed by atoms with E-state index >= 15 is 0 Å². The number of fused-ring (bicyclic) bond motifs is 2. The number of H-pyrrole nitrogens is 1. The average Bonchev–Trinajstić information content (AvgIpc) is 3.14. The Morgan fingerprint density at radius 2 is 1.70 bits per heavy atom. The highest BCUT2D eigenvalue weighted by Crippen LogP contribution is 2.32. The topological polar surface area (TPSA) is 95.2 Å². The van der Waals surface area contributed by atoms with Crippen LogP contribution >= 0.6 is 23.2 Å². The second-order valence-corrected chi connectivity index (χ2v) is 6.87. The van der Waals surface area contributed by atoms with E-state index in [1.165, 1.54) is 19.1 Å². The van der Waals surface area contributed by atoms with Gasteiger partial charge in [-0.3, -0.25) is 24.6 Å². The summed E-state index contributed by atoms with van der Waals surface area (Å²) < 4.78 is 0. The van der Waals surface area contributed by atoms with Crippen molar-refractivity contribution in [3.8, 4) is 0 Å². The summed E-state index contributed by atoms with van der Waals surface area (Å²) in [7, 11) is 0. The highest BCUT2D eigenvalue weighted by Gasteiger charge is 2.41. The minimum Gasteiger partial charge on any atom is -0.324 e. The first-order chi connectivity index (χ1) is 12.9. The van der Waals surface area contributed by atoms with Gasteiger partial charge in [0.15, 0.2) is 0 Å². The molecule has 0 spiro atoms. The molecule has 0 saturated carbocycles. The molecular weight excluding hydrogens is 391 g/mol. The molecule has 2 N–H and O–H groups in total. The number of hydrogen-bond acceptors (Lipinski definition) is 4. The molecular formula is C18H12Cl2N4O3. The number of imide groups is 1. The Hall–Kier alpha value is -2.90. The molecule has 136 valence electrons. The van der Waals surface area contributed by atoms with Crippen molar-refractivity contribution in [3.63, 3.8) is 0 Å². The van der Waals surface area contributed by atoms with E-state index in [4.69, 9.17) is 23.2 Å². The highest BCUT2D eigenvalue weighted by molar-refractivity contribution is 6.43. The second-order valence-electron chi connectivity index (χ2n) is 6.06. The van der Waals surface area contributed by atoms with Gasteiger partial charge in [0.1, 0.15) is 6.04 Å². The number of aromatic amines is 1. The zero-order valence-corrected chi connectivity index (χ0v) is 15.4. The number of aromatic nitrogens is 2. The van der Waals surface area contributed by atoms with Crippen LogP contribution in [0.25, 0.3) is 11.0 Å². The fourth-order valence-corrected chi connectivity index (χ4v) is 3.28. The maximum atomic E-state index is 12.6. The maximum Gasteiger partial charge on any atom is 0.262 e. The number of imidazole rings is 1. The standard InChI is InChI=1S/C18H12Cl2N4O3/c1-8(15(25)23-18-21-13-4-2-3-5-14(13)22-18)24-16(26)9-6-11(19)12(20)7-10(9)17(24)27/h2-8H,1H3,(H2,21,22,23,25)/t8-/m0/s1. The molecule has 0 aliphatic carbocycles. The minimum atomic E-state index is -1.05. The molecule has 9 heteroatoms. The number of nitrogens with zero attached hydrogens (tertiary/aromatic N) is 2. The zero-order valence-electron chi connectivity index (χ0n) is 13.9. The first-order valence-corrected chi connectivity index (χ1v) is 8.75. The lowest BCUT2D eigenvalue weighted by Crippen LogP contribution is -2.45. The largest absolute Gasteiger partial charge is 0.324 e. The van der Waals surface area contributed by atoms with Gasteiger partial charge in [0.25, 0.3) is 11.8 Å². The van der Waals surface area contributed by atoms with Gasteiger partial charge in [-0.05, 0) is 31.2 Å². The van der Waals surface area contributed by atoms with Crippen LogP contribution in [-0.2, 0) is 4.79 Å². The predicted molar refractivity (Wildman–Crippen MR) is 101 cm³/mol. The van der Waals surface area contributed by atoms with Crippen molar-refractivity contribution in [1.29, 1.82) is 0 Å². The molecule has 3 aromatic rings. The van der Waals surface area contributed by atoms with Crippen molar-refractivity contribution >= 4 is 57.9 Å². The summed E-state index contributed by atoms with van der Waals surface area (Å²) in [6, 6.07) is 8.90. The van der Waals surface area contributed by atoms with Gasteiger partial charge in [0.2, 0.25) is 11.9 Å². The van der Waals surface area contributed by atoms with Crippen molar-refractivity contribution in [1.82, 2.24) is 14.9 Å². The van der Waals surface area contributed by atoms with Gasteiger partial charge < -0.3 is 4.98 Å². The number of carbonyl (C=O) groups is 3. The van der Waals surface area contributed by atoms with E-state index < -0.39 is 23.8 Å². The number of halogens is 2. The molecule has 1 atom stereocenters. The van der Waals surface area contributed by atoms with Crippen molar-refractivity contribution in [3.05, 3.63) is 57.6 Å². The highest BCUT2D eigenvalue weighted by atomic mass is 35.5. The van der Waals surface area contributed by atoms with E-state index in [2.05, 4.69) is 15.3 Å². The monoisotopic (exact) mass is 402 g/mol. The van der Waals surface area contributed by atoms with Crippen molar-refractivity contribution in [2.45, 2.75) is 13.0 Å². The maximum absolute atomic E-state index is 12.6. The summed E-state index contributed by atoms with van der Waals surface area (Å²) in [6.45, 7) is 1.46.